The van der Waals surface area contributed by atoms with E-state index in [1.165, 1.54) is 0 Å². The molecule has 2 aromatic carbocycles. The van der Waals surface area contributed by atoms with Crippen LogP contribution in [0, 0.1) is 0 Å². The number of anilines is 1. The van der Waals surface area contributed by atoms with E-state index in [0.29, 0.717) is 11.7 Å². The van der Waals surface area contributed by atoms with Crippen LogP contribution in [0.3, 0.4) is 0 Å². The molecule has 0 radical (unpaired) electrons. The maximum absolute atomic E-state index is 11.3. The van der Waals surface area contributed by atoms with Gasteiger partial charge in [-0.05, 0) is 23.7 Å². The second-order valence-electron chi connectivity index (χ2n) is 3.94. The van der Waals surface area contributed by atoms with E-state index < -0.39 is 0 Å². The number of fused-ring (bicyclic) bond motifs is 1. The first-order valence-electron chi connectivity index (χ1n) is 5.35. The molecule has 1 amide bonds. The Kier molecular flexibility index (Phi) is 2.30. The zero-order chi connectivity index (χ0) is 11.8. The van der Waals surface area contributed by atoms with Gasteiger partial charge in [0.25, 0.3) is 0 Å². The van der Waals surface area contributed by atoms with Gasteiger partial charge in [-0.25, -0.2) is 0 Å². The Labute approximate surface area is 104 Å². The van der Waals surface area contributed by atoms with Gasteiger partial charge >= 0.3 is 0 Å². The number of amides is 1. The number of nitrogens with zero attached hydrogens (tertiary/aromatic N) is 1. The Morgan fingerprint density at radius 1 is 1.12 bits per heavy atom. The minimum atomic E-state index is -0.0528. The first kappa shape index (κ1) is 10.2. The molecular formula is C13H10N2OS. The molecular weight excluding hydrogens is 232 g/mol. The normalized spacial score (nSPS) is 15.4. The summed E-state index contributed by atoms with van der Waals surface area (Å²) < 4.78 is 0. The molecule has 3 nitrogen and oxygen atoms in total. The van der Waals surface area contributed by atoms with Crippen molar-refractivity contribution in [3.63, 3.8) is 0 Å². The second kappa shape index (κ2) is 3.82. The molecule has 0 bridgehead atoms. The van der Waals surface area contributed by atoms with Crippen LogP contribution in [-0.4, -0.2) is 17.6 Å². The van der Waals surface area contributed by atoms with Crippen LogP contribution >= 0.6 is 12.2 Å². The van der Waals surface area contributed by atoms with Gasteiger partial charge < -0.3 is 10.2 Å². The highest BCUT2D eigenvalue weighted by Gasteiger charge is 2.25. The average molecular weight is 242 g/mol. The van der Waals surface area contributed by atoms with Gasteiger partial charge in [0.05, 0.1) is 5.69 Å². The molecule has 0 aromatic heterocycles. The van der Waals surface area contributed by atoms with Crippen molar-refractivity contribution < 1.29 is 4.79 Å². The summed E-state index contributed by atoms with van der Waals surface area (Å²) in [6.07, 6.45) is 0. The molecule has 1 heterocycles. The van der Waals surface area contributed by atoms with Crippen LogP contribution < -0.4 is 10.2 Å². The van der Waals surface area contributed by atoms with Crippen molar-refractivity contribution in [2.75, 3.05) is 11.4 Å². The Bertz CT molecular complexity index is 618. The summed E-state index contributed by atoms with van der Waals surface area (Å²) in [7, 11) is 0. The van der Waals surface area contributed by atoms with Crippen molar-refractivity contribution in [1.82, 2.24) is 5.32 Å². The van der Waals surface area contributed by atoms with Gasteiger partial charge in [0, 0.05) is 5.39 Å². The zero-order valence-electron chi connectivity index (χ0n) is 9.01. The van der Waals surface area contributed by atoms with E-state index in [4.69, 9.17) is 12.2 Å². The SMILES string of the molecule is O=C1CN(c2cccc3ccccc23)C(=S)N1. The van der Waals surface area contributed by atoms with Gasteiger partial charge in [-0.15, -0.1) is 0 Å². The summed E-state index contributed by atoms with van der Waals surface area (Å²) >= 11 is 5.16. The fourth-order valence-corrected chi connectivity index (χ4v) is 2.36. The quantitative estimate of drug-likeness (QED) is 0.777. The Balaban J connectivity index is 2.17. The molecule has 0 atom stereocenters. The monoisotopic (exact) mass is 242 g/mol. The summed E-state index contributed by atoms with van der Waals surface area (Å²) in [6, 6.07) is 14.1. The summed E-state index contributed by atoms with van der Waals surface area (Å²) in [5.41, 5.74) is 0.978. The first-order valence-corrected chi connectivity index (χ1v) is 5.75. The number of carbonyl (C=O) groups is 1. The van der Waals surface area contributed by atoms with Crippen LogP contribution in [0.15, 0.2) is 42.5 Å². The lowest BCUT2D eigenvalue weighted by molar-refractivity contribution is -0.117. The van der Waals surface area contributed by atoms with Gasteiger partial charge in [0.15, 0.2) is 5.11 Å². The number of hydrogen-bond acceptors (Lipinski definition) is 2. The smallest absolute Gasteiger partial charge is 0.246 e. The predicted octanol–water partition coefficient (Wildman–Crippen LogP) is 2.06. The van der Waals surface area contributed by atoms with E-state index in [1.807, 2.05) is 47.4 Å². The van der Waals surface area contributed by atoms with Crippen molar-refractivity contribution in [2.24, 2.45) is 0 Å². The zero-order valence-corrected chi connectivity index (χ0v) is 9.83. The van der Waals surface area contributed by atoms with Crippen LogP contribution in [-0.2, 0) is 4.79 Å². The van der Waals surface area contributed by atoms with Crippen LogP contribution in [0.2, 0.25) is 0 Å². The van der Waals surface area contributed by atoms with Crippen LogP contribution in [0.25, 0.3) is 10.8 Å². The van der Waals surface area contributed by atoms with E-state index in [-0.39, 0.29) is 5.91 Å². The van der Waals surface area contributed by atoms with E-state index in [1.54, 1.807) is 0 Å². The predicted molar refractivity (Wildman–Crippen MR) is 72.0 cm³/mol. The van der Waals surface area contributed by atoms with Gasteiger partial charge in [-0.2, -0.15) is 0 Å². The number of thiocarbonyl (C=S) groups is 1. The van der Waals surface area contributed by atoms with Crippen molar-refractivity contribution in [3.8, 4) is 0 Å². The second-order valence-corrected chi connectivity index (χ2v) is 4.32. The topological polar surface area (TPSA) is 32.3 Å². The maximum Gasteiger partial charge on any atom is 0.246 e. The number of benzene rings is 2. The lowest BCUT2D eigenvalue weighted by Gasteiger charge is -2.17. The summed E-state index contributed by atoms with van der Waals surface area (Å²) in [5, 5.41) is 5.38. The molecule has 4 heteroatoms. The highest BCUT2D eigenvalue weighted by Crippen LogP contribution is 2.27. The van der Waals surface area contributed by atoms with E-state index in [0.717, 1.165) is 16.5 Å². The minimum Gasteiger partial charge on any atom is -0.309 e. The van der Waals surface area contributed by atoms with Gasteiger partial charge in [0.1, 0.15) is 6.54 Å². The van der Waals surface area contributed by atoms with Gasteiger partial charge in [0.2, 0.25) is 5.91 Å². The van der Waals surface area contributed by atoms with Crippen LogP contribution in [0.1, 0.15) is 0 Å². The molecule has 2 aromatic rings. The highest BCUT2D eigenvalue weighted by molar-refractivity contribution is 7.80. The molecule has 84 valence electrons. The largest absolute Gasteiger partial charge is 0.309 e. The lowest BCUT2D eigenvalue weighted by Crippen LogP contribution is -2.27. The van der Waals surface area contributed by atoms with Gasteiger partial charge in [-0.1, -0.05) is 36.4 Å². The number of carbonyl (C=O) groups excluding carboxylic acids is 1. The van der Waals surface area contributed by atoms with E-state index >= 15 is 0 Å². The van der Waals surface area contributed by atoms with Crippen LogP contribution in [0.5, 0.6) is 0 Å². The molecule has 0 spiro atoms. The molecule has 1 aliphatic rings. The molecule has 3 rings (SSSR count). The summed E-state index contributed by atoms with van der Waals surface area (Å²) in [6.45, 7) is 0.298. The summed E-state index contributed by atoms with van der Waals surface area (Å²) in [4.78, 5) is 13.2. The third-order valence-corrected chi connectivity index (χ3v) is 3.17. The van der Waals surface area contributed by atoms with Crippen molar-refractivity contribution in [1.29, 1.82) is 0 Å². The number of rotatable bonds is 1. The minimum absolute atomic E-state index is 0.0528. The molecule has 1 N–H and O–H groups in total. The molecule has 1 fully saturated rings. The lowest BCUT2D eigenvalue weighted by atomic mass is 10.1. The van der Waals surface area contributed by atoms with Crippen molar-refractivity contribution in [3.05, 3.63) is 42.5 Å². The molecule has 1 aliphatic heterocycles. The van der Waals surface area contributed by atoms with E-state index in [9.17, 15) is 4.79 Å². The molecule has 1 saturated heterocycles. The standard InChI is InChI=1S/C13H10N2OS/c16-12-8-15(13(17)14-12)11-7-3-5-9-4-1-2-6-10(9)11/h1-7H,8H2,(H,14,16,17). The third kappa shape index (κ3) is 1.66. The van der Waals surface area contributed by atoms with Crippen LogP contribution in [0.4, 0.5) is 5.69 Å². The molecule has 0 aliphatic carbocycles. The molecule has 17 heavy (non-hydrogen) atoms. The first-order chi connectivity index (χ1) is 8.25. The average Bonchev–Trinajstić information content (AvgIpc) is 2.68. The Morgan fingerprint density at radius 3 is 2.65 bits per heavy atom. The van der Waals surface area contributed by atoms with Crippen molar-refractivity contribution >= 4 is 39.7 Å². The maximum atomic E-state index is 11.3. The highest BCUT2D eigenvalue weighted by atomic mass is 32.1. The number of nitrogens with one attached hydrogen (secondary N) is 1. The Morgan fingerprint density at radius 2 is 1.88 bits per heavy atom. The molecule has 0 saturated carbocycles. The fourth-order valence-electron chi connectivity index (χ4n) is 2.08. The summed E-state index contributed by atoms with van der Waals surface area (Å²) in [5.74, 6) is -0.0528. The van der Waals surface area contributed by atoms with Crippen molar-refractivity contribution in [2.45, 2.75) is 0 Å². The fraction of sp³-hybridized carbons (Fsp3) is 0.0769. The number of hydrogen-bond donors (Lipinski definition) is 1. The third-order valence-electron chi connectivity index (χ3n) is 2.85. The van der Waals surface area contributed by atoms with E-state index in [2.05, 4.69) is 5.32 Å². The van der Waals surface area contributed by atoms with Gasteiger partial charge in [-0.3, -0.25) is 4.79 Å². The Hall–Kier alpha value is -1.94. The molecule has 0 unspecified atom stereocenters.